The fourth-order valence-corrected chi connectivity index (χ4v) is 2.11. The van der Waals surface area contributed by atoms with Gasteiger partial charge in [-0.15, -0.1) is 0 Å². The van der Waals surface area contributed by atoms with Gasteiger partial charge in [-0.25, -0.2) is 22.0 Å². The van der Waals surface area contributed by atoms with Crippen molar-refractivity contribution in [3.8, 4) is 0 Å². The summed E-state index contributed by atoms with van der Waals surface area (Å²) in [4.78, 5) is 0. The molecular weight excluding hydrogens is 289 g/mol. The largest absolute Gasteiger partial charge is 0.292 e. The van der Waals surface area contributed by atoms with Crippen molar-refractivity contribution in [1.29, 1.82) is 0 Å². The molecule has 112 valence electrons. The lowest BCUT2D eigenvalue weighted by Gasteiger charge is -2.29. The molecule has 0 aliphatic carbocycles. The van der Waals surface area contributed by atoms with E-state index in [4.69, 9.17) is 0 Å². The minimum atomic E-state index is -2.14. The van der Waals surface area contributed by atoms with Crippen molar-refractivity contribution in [3.63, 3.8) is 0 Å². The van der Waals surface area contributed by atoms with Crippen LogP contribution < -0.4 is 4.48 Å². The predicted molar refractivity (Wildman–Crippen MR) is 70.0 cm³/mol. The normalized spacial score (nSPS) is 11.8. The highest BCUT2D eigenvalue weighted by atomic mass is 19.2. The summed E-state index contributed by atoms with van der Waals surface area (Å²) in [6, 6.07) is 8.65. The van der Waals surface area contributed by atoms with Crippen LogP contribution in [0.5, 0.6) is 0 Å². The highest BCUT2D eigenvalue weighted by Gasteiger charge is 2.30. The summed E-state index contributed by atoms with van der Waals surface area (Å²) in [5.41, 5.74) is -0.137. The van der Waals surface area contributed by atoms with Gasteiger partial charge >= 0.3 is 0 Å². The second-order valence-electron chi connectivity index (χ2n) is 5.23. The Morgan fingerprint density at radius 2 is 1.14 bits per heavy atom. The standard InChI is InChI=1S/C15H13F5N/c1-21(2,9-6-4-3-5-7-9)8-10-11(16)13(18)15(20)14(19)12(10)17/h3-7H,8H2,1-2H3/q+1. The van der Waals surface area contributed by atoms with E-state index < -0.39 is 34.6 Å². The average Bonchev–Trinajstić information content (AvgIpc) is 2.48. The van der Waals surface area contributed by atoms with Crippen molar-refractivity contribution in [2.75, 3.05) is 14.1 Å². The smallest absolute Gasteiger partial charge is 0.200 e. The molecule has 0 aliphatic rings. The summed E-state index contributed by atoms with van der Waals surface area (Å²) in [5, 5.41) is 0. The lowest BCUT2D eigenvalue weighted by Crippen LogP contribution is -2.40. The first-order valence-corrected chi connectivity index (χ1v) is 6.14. The summed E-state index contributed by atoms with van der Waals surface area (Å²) >= 11 is 0. The topological polar surface area (TPSA) is 0 Å². The third kappa shape index (κ3) is 2.76. The van der Waals surface area contributed by atoms with Gasteiger partial charge in [0.05, 0.1) is 19.7 Å². The maximum Gasteiger partial charge on any atom is 0.200 e. The van der Waals surface area contributed by atoms with E-state index in [2.05, 4.69) is 0 Å². The van der Waals surface area contributed by atoms with Crippen molar-refractivity contribution < 1.29 is 22.0 Å². The van der Waals surface area contributed by atoms with Crippen molar-refractivity contribution in [2.24, 2.45) is 0 Å². The van der Waals surface area contributed by atoms with Crippen LogP contribution in [0.2, 0.25) is 0 Å². The number of nitrogens with zero attached hydrogens (tertiary/aromatic N) is 1. The Balaban J connectivity index is 2.50. The van der Waals surface area contributed by atoms with Gasteiger partial charge in [-0.05, 0) is 12.1 Å². The molecule has 0 unspecified atom stereocenters. The van der Waals surface area contributed by atoms with E-state index in [9.17, 15) is 22.0 Å². The number of benzene rings is 2. The minimum absolute atomic E-state index is 0.0564. The van der Waals surface area contributed by atoms with Crippen LogP contribution in [-0.2, 0) is 6.54 Å². The van der Waals surface area contributed by atoms with Crippen LogP contribution in [0.15, 0.2) is 30.3 Å². The summed E-state index contributed by atoms with van der Waals surface area (Å²) in [6.45, 7) is -0.365. The zero-order valence-electron chi connectivity index (χ0n) is 11.4. The number of halogens is 5. The van der Waals surface area contributed by atoms with Gasteiger partial charge in [0.2, 0.25) is 5.82 Å². The molecule has 0 spiro atoms. The highest BCUT2D eigenvalue weighted by molar-refractivity contribution is 5.42. The van der Waals surface area contributed by atoms with E-state index in [-0.39, 0.29) is 11.0 Å². The van der Waals surface area contributed by atoms with E-state index in [1.165, 1.54) is 0 Å². The molecule has 0 aliphatic heterocycles. The molecule has 0 atom stereocenters. The Bertz CT molecular complexity index is 639. The molecule has 1 nitrogen and oxygen atoms in total. The maximum absolute atomic E-state index is 13.7. The van der Waals surface area contributed by atoms with Crippen LogP contribution in [0, 0.1) is 29.1 Å². The van der Waals surface area contributed by atoms with Gasteiger partial charge in [-0.3, -0.25) is 4.48 Å². The maximum atomic E-state index is 13.7. The molecule has 0 aromatic heterocycles. The quantitative estimate of drug-likeness (QED) is 0.346. The number of para-hydroxylation sites is 1. The van der Waals surface area contributed by atoms with Gasteiger partial charge in [0, 0.05) is 0 Å². The lowest BCUT2D eigenvalue weighted by atomic mass is 10.1. The number of quaternary nitrogens is 1. The van der Waals surface area contributed by atoms with Crippen molar-refractivity contribution in [3.05, 3.63) is 65.0 Å². The second kappa shape index (κ2) is 5.44. The van der Waals surface area contributed by atoms with Gasteiger partial charge < -0.3 is 0 Å². The third-order valence-electron chi connectivity index (χ3n) is 3.31. The molecule has 0 amide bonds. The molecule has 0 saturated heterocycles. The van der Waals surface area contributed by atoms with Gasteiger partial charge in [-0.2, -0.15) is 0 Å². The van der Waals surface area contributed by atoms with Crippen LogP contribution in [0.25, 0.3) is 0 Å². The number of hydrogen-bond acceptors (Lipinski definition) is 0. The molecule has 0 saturated carbocycles. The predicted octanol–water partition coefficient (Wildman–Crippen LogP) is 4.15. The van der Waals surface area contributed by atoms with Gasteiger partial charge in [-0.1, -0.05) is 18.2 Å². The molecule has 0 fully saturated rings. The summed E-state index contributed by atoms with van der Waals surface area (Å²) in [5.74, 6) is -9.55. The summed E-state index contributed by atoms with van der Waals surface area (Å²) in [6.07, 6.45) is 0. The zero-order valence-corrected chi connectivity index (χ0v) is 11.4. The van der Waals surface area contributed by atoms with Crippen LogP contribution in [0.3, 0.4) is 0 Å². The van der Waals surface area contributed by atoms with Crippen LogP contribution >= 0.6 is 0 Å². The molecule has 21 heavy (non-hydrogen) atoms. The molecule has 0 N–H and O–H groups in total. The Hall–Kier alpha value is -1.95. The van der Waals surface area contributed by atoms with Crippen LogP contribution in [-0.4, -0.2) is 14.1 Å². The first-order chi connectivity index (χ1) is 9.75. The summed E-state index contributed by atoms with van der Waals surface area (Å²) in [7, 11) is 3.24. The fourth-order valence-electron chi connectivity index (χ4n) is 2.11. The first-order valence-electron chi connectivity index (χ1n) is 6.14. The van der Waals surface area contributed by atoms with E-state index in [0.29, 0.717) is 5.69 Å². The summed E-state index contributed by atoms with van der Waals surface area (Å²) < 4.78 is 66.8. The van der Waals surface area contributed by atoms with Crippen molar-refractivity contribution in [2.45, 2.75) is 6.54 Å². The van der Waals surface area contributed by atoms with E-state index in [1.54, 1.807) is 44.4 Å². The third-order valence-corrected chi connectivity index (χ3v) is 3.31. The molecule has 0 bridgehead atoms. The van der Waals surface area contributed by atoms with E-state index >= 15 is 0 Å². The van der Waals surface area contributed by atoms with Crippen molar-refractivity contribution in [1.82, 2.24) is 4.48 Å². The monoisotopic (exact) mass is 302 g/mol. The van der Waals surface area contributed by atoms with Gasteiger partial charge in [0.1, 0.15) is 12.2 Å². The lowest BCUT2D eigenvalue weighted by molar-refractivity contribution is 0.335. The molecule has 6 heteroatoms. The molecule has 0 heterocycles. The Kier molecular flexibility index (Phi) is 4.00. The van der Waals surface area contributed by atoms with Gasteiger partial charge in [0.15, 0.2) is 23.3 Å². The Morgan fingerprint density at radius 1 is 0.714 bits per heavy atom. The minimum Gasteiger partial charge on any atom is -0.292 e. The fraction of sp³-hybridized carbons (Fsp3) is 0.200. The van der Waals surface area contributed by atoms with Crippen molar-refractivity contribution >= 4 is 5.69 Å². The van der Waals surface area contributed by atoms with E-state index in [0.717, 1.165) is 0 Å². The zero-order chi connectivity index (χ0) is 15.8. The Morgan fingerprint density at radius 3 is 1.62 bits per heavy atom. The SMILES string of the molecule is C[N+](C)(Cc1c(F)c(F)c(F)c(F)c1F)c1ccccc1. The van der Waals surface area contributed by atoms with Gasteiger partial charge in [0.25, 0.3) is 0 Å². The highest BCUT2D eigenvalue weighted by Crippen LogP contribution is 2.28. The molecule has 2 aromatic rings. The van der Waals surface area contributed by atoms with Crippen LogP contribution in [0.4, 0.5) is 27.6 Å². The Labute approximate surface area is 118 Å². The molecule has 0 radical (unpaired) electrons. The number of hydrogen-bond donors (Lipinski definition) is 0. The first kappa shape index (κ1) is 15.4. The molecular formula is C15H13F5N+. The van der Waals surface area contributed by atoms with E-state index in [1.807, 2.05) is 0 Å². The number of rotatable bonds is 3. The van der Waals surface area contributed by atoms with Crippen LogP contribution in [0.1, 0.15) is 5.56 Å². The molecule has 2 rings (SSSR count). The molecule has 2 aromatic carbocycles. The second-order valence-corrected chi connectivity index (χ2v) is 5.23. The average molecular weight is 302 g/mol.